The van der Waals surface area contributed by atoms with Crippen molar-refractivity contribution in [2.24, 2.45) is 0 Å². The van der Waals surface area contributed by atoms with E-state index in [1.54, 1.807) is 30.4 Å². The average Bonchev–Trinajstić information content (AvgIpc) is 3.22. The van der Waals surface area contributed by atoms with Gasteiger partial charge in [-0.2, -0.15) is 0 Å². The fourth-order valence-corrected chi connectivity index (χ4v) is 4.61. The van der Waals surface area contributed by atoms with Gasteiger partial charge in [-0.25, -0.2) is 9.78 Å². The lowest BCUT2D eigenvalue weighted by atomic mass is 9.91. The van der Waals surface area contributed by atoms with Crippen molar-refractivity contribution in [3.05, 3.63) is 35.3 Å². The van der Waals surface area contributed by atoms with E-state index in [0.717, 1.165) is 48.8 Å². The molecule has 2 fully saturated rings. The van der Waals surface area contributed by atoms with Crippen molar-refractivity contribution in [3.63, 3.8) is 0 Å². The normalized spacial score (nSPS) is 19.8. The smallest absolute Gasteiger partial charge is 0.410 e. The maximum absolute atomic E-state index is 11.7. The summed E-state index contributed by atoms with van der Waals surface area (Å²) in [5.74, 6) is 0.844. The molecule has 3 heterocycles. The molecular formula is C19H23N3O3S. The summed E-state index contributed by atoms with van der Waals surface area (Å²) >= 11 is 1.72. The summed E-state index contributed by atoms with van der Waals surface area (Å²) in [6.07, 6.45) is 3.56. The number of methoxy groups -OCH3 is 1. The molecule has 6 nitrogen and oxygen atoms in total. The summed E-state index contributed by atoms with van der Waals surface area (Å²) in [5.41, 5.74) is 0.806. The van der Waals surface area contributed by atoms with E-state index in [1.165, 1.54) is 4.88 Å². The van der Waals surface area contributed by atoms with Crippen molar-refractivity contribution in [1.82, 2.24) is 14.8 Å². The minimum absolute atomic E-state index is 0.191. The second-order valence-electron chi connectivity index (χ2n) is 7.05. The van der Waals surface area contributed by atoms with Crippen LogP contribution in [0.4, 0.5) is 4.79 Å². The number of hydrogen-bond donors (Lipinski definition) is 0. The summed E-state index contributed by atoms with van der Waals surface area (Å²) in [7, 11) is 3.48. The highest BCUT2D eigenvalue weighted by Gasteiger charge is 2.45. The van der Waals surface area contributed by atoms with E-state index in [9.17, 15) is 4.79 Å². The lowest BCUT2D eigenvalue weighted by molar-refractivity contribution is -0.000977. The van der Waals surface area contributed by atoms with E-state index in [1.807, 2.05) is 24.4 Å². The van der Waals surface area contributed by atoms with Crippen molar-refractivity contribution in [3.8, 4) is 16.3 Å². The summed E-state index contributed by atoms with van der Waals surface area (Å²) in [5, 5.41) is 1.01. The summed E-state index contributed by atoms with van der Waals surface area (Å²) in [4.78, 5) is 21.6. The van der Waals surface area contributed by atoms with Crippen molar-refractivity contribution in [1.29, 1.82) is 0 Å². The van der Waals surface area contributed by atoms with Crippen LogP contribution < -0.4 is 4.74 Å². The van der Waals surface area contributed by atoms with Gasteiger partial charge in [0.15, 0.2) is 0 Å². The quantitative estimate of drug-likeness (QED) is 0.824. The van der Waals surface area contributed by atoms with Crippen LogP contribution in [0.5, 0.6) is 5.75 Å². The van der Waals surface area contributed by atoms with Gasteiger partial charge in [0.25, 0.3) is 0 Å². The standard InChI is InChI=1S/C19H23N3O3S/c1-21-13-19(25-18(21)23)6-8-22(9-7-19)12-16-11-20-17(26-16)14-4-3-5-15(10-14)24-2/h3-5,10-11H,6-9,12-13H2,1-2H3. The van der Waals surface area contributed by atoms with Crippen LogP contribution in [0.25, 0.3) is 10.6 Å². The molecule has 26 heavy (non-hydrogen) atoms. The van der Waals surface area contributed by atoms with Crippen LogP contribution in [0.3, 0.4) is 0 Å². The predicted molar refractivity (Wildman–Crippen MR) is 100 cm³/mol. The van der Waals surface area contributed by atoms with E-state index < -0.39 is 0 Å². The third kappa shape index (κ3) is 3.41. The Hall–Kier alpha value is -2.12. The van der Waals surface area contributed by atoms with Crippen LogP contribution >= 0.6 is 11.3 Å². The van der Waals surface area contributed by atoms with E-state index in [4.69, 9.17) is 9.47 Å². The number of nitrogens with zero attached hydrogens (tertiary/aromatic N) is 3. The monoisotopic (exact) mass is 373 g/mol. The Labute approximate surface area is 157 Å². The van der Waals surface area contributed by atoms with E-state index >= 15 is 0 Å². The lowest BCUT2D eigenvalue weighted by Crippen LogP contribution is -2.46. The molecule has 2 aliphatic rings. The molecule has 1 spiro atoms. The molecule has 0 unspecified atom stereocenters. The number of likely N-dealkylation sites (tertiary alicyclic amines) is 1. The molecule has 0 atom stereocenters. The summed E-state index contributed by atoms with van der Waals surface area (Å²) in [6, 6.07) is 7.99. The maximum atomic E-state index is 11.7. The first-order valence-corrected chi connectivity index (χ1v) is 9.64. The molecule has 138 valence electrons. The second-order valence-corrected chi connectivity index (χ2v) is 8.16. The van der Waals surface area contributed by atoms with E-state index in [0.29, 0.717) is 6.54 Å². The highest BCUT2D eigenvalue weighted by atomic mass is 32.1. The number of piperidine rings is 1. The molecule has 4 rings (SSSR count). The Morgan fingerprint density at radius 2 is 2.15 bits per heavy atom. The van der Waals surface area contributed by atoms with Crippen molar-refractivity contribution < 1.29 is 14.3 Å². The minimum Gasteiger partial charge on any atom is -0.497 e. The van der Waals surface area contributed by atoms with Gasteiger partial charge in [0.05, 0.1) is 13.7 Å². The Kier molecular flexibility index (Phi) is 4.58. The molecular weight excluding hydrogens is 350 g/mol. The first-order chi connectivity index (χ1) is 12.6. The van der Waals surface area contributed by atoms with Crippen LogP contribution in [0.1, 0.15) is 17.7 Å². The number of amides is 1. The molecule has 7 heteroatoms. The molecule has 2 aliphatic heterocycles. The van der Waals surface area contributed by atoms with Crippen LogP contribution in [-0.4, -0.2) is 60.3 Å². The van der Waals surface area contributed by atoms with Gasteiger partial charge >= 0.3 is 6.09 Å². The topological polar surface area (TPSA) is 54.9 Å². The lowest BCUT2D eigenvalue weighted by Gasteiger charge is -2.37. The Morgan fingerprint density at radius 1 is 1.35 bits per heavy atom. The minimum atomic E-state index is -0.276. The third-order valence-electron chi connectivity index (χ3n) is 5.16. The number of carbonyl (C=O) groups excluding carboxylic acids is 1. The van der Waals surface area contributed by atoms with Gasteiger partial charge in [-0.1, -0.05) is 12.1 Å². The van der Waals surface area contributed by atoms with Crippen molar-refractivity contribution >= 4 is 17.4 Å². The maximum Gasteiger partial charge on any atom is 0.410 e. The highest BCUT2D eigenvalue weighted by molar-refractivity contribution is 7.15. The van der Waals surface area contributed by atoms with Gasteiger partial charge in [0.2, 0.25) is 0 Å². The number of likely N-dealkylation sites (N-methyl/N-ethyl adjacent to an activating group) is 1. The molecule has 0 saturated carbocycles. The number of carbonyl (C=O) groups is 1. The molecule has 1 amide bonds. The van der Waals surface area contributed by atoms with Crippen LogP contribution in [-0.2, 0) is 11.3 Å². The Bertz CT molecular complexity index is 799. The van der Waals surface area contributed by atoms with Crippen LogP contribution in [0, 0.1) is 0 Å². The number of ether oxygens (including phenoxy) is 2. The van der Waals surface area contributed by atoms with Gasteiger partial charge in [-0.3, -0.25) is 4.90 Å². The van der Waals surface area contributed by atoms with Crippen molar-refractivity contribution in [2.45, 2.75) is 25.0 Å². The fraction of sp³-hybridized carbons (Fsp3) is 0.474. The molecule has 0 aliphatic carbocycles. The van der Waals surface area contributed by atoms with Gasteiger partial charge < -0.3 is 14.4 Å². The highest BCUT2D eigenvalue weighted by Crippen LogP contribution is 2.34. The van der Waals surface area contributed by atoms with Gasteiger partial charge in [0, 0.05) is 56.2 Å². The zero-order valence-electron chi connectivity index (χ0n) is 15.1. The van der Waals surface area contributed by atoms with Crippen LogP contribution in [0.2, 0.25) is 0 Å². The van der Waals surface area contributed by atoms with Gasteiger partial charge in [-0.05, 0) is 12.1 Å². The Balaban J connectivity index is 1.37. The number of hydrogen-bond acceptors (Lipinski definition) is 6. The largest absolute Gasteiger partial charge is 0.497 e. The van der Waals surface area contributed by atoms with E-state index in [2.05, 4.69) is 16.0 Å². The van der Waals surface area contributed by atoms with Crippen LogP contribution in [0.15, 0.2) is 30.5 Å². The molecule has 0 N–H and O–H groups in total. The number of thiazole rings is 1. The number of rotatable bonds is 4. The number of aromatic nitrogens is 1. The third-order valence-corrected chi connectivity index (χ3v) is 6.19. The fourth-order valence-electron chi connectivity index (χ4n) is 3.66. The SMILES string of the molecule is COc1cccc(-c2ncc(CN3CCC4(CC3)CN(C)C(=O)O4)s2)c1. The van der Waals surface area contributed by atoms with Gasteiger partial charge in [-0.15, -0.1) is 11.3 Å². The van der Waals surface area contributed by atoms with Crippen molar-refractivity contribution in [2.75, 3.05) is 33.8 Å². The zero-order valence-corrected chi connectivity index (χ0v) is 15.9. The molecule has 2 saturated heterocycles. The number of benzene rings is 1. The van der Waals surface area contributed by atoms with E-state index in [-0.39, 0.29) is 11.7 Å². The molecule has 0 bridgehead atoms. The summed E-state index contributed by atoms with van der Waals surface area (Å²) < 4.78 is 10.9. The molecule has 1 aromatic carbocycles. The second kappa shape index (κ2) is 6.89. The summed E-state index contributed by atoms with van der Waals surface area (Å²) in [6.45, 7) is 3.47. The average molecular weight is 373 g/mol. The zero-order chi connectivity index (χ0) is 18.1. The predicted octanol–water partition coefficient (Wildman–Crippen LogP) is 3.24. The molecule has 1 aromatic heterocycles. The Morgan fingerprint density at radius 3 is 2.85 bits per heavy atom. The molecule has 0 radical (unpaired) electrons. The van der Waals surface area contributed by atoms with Gasteiger partial charge in [0.1, 0.15) is 16.4 Å². The first kappa shape index (κ1) is 17.3. The molecule has 2 aromatic rings. The first-order valence-electron chi connectivity index (χ1n) is 8.82.